The molecule has 0 amide bonds. The van der Waals surface area contributed by atoms with Gasteiger partial charge >= 0.3 is 35.5 Å². The third-order valence-corrected chi connectivity index (χ3v) is 1.48. The van der Waals surface area contributed by atoms with Crippen LogP contribution in [0.3, 0.4) is 0 Å². The Morgan fingerprint density at radius 1 is 1.54 bits per heavy atom. The molecule has 0 spiro atoms. The van der Waals surface area contributed by atoms with Gasteiger partial charge in [0.25, 0.3) is 0 Å². The van der Waals surface area contributed by atoms with Gasteiger partial charge in [0.15, 0.2) is 11.9 Å². The molecule has 0 aromatic heterocycles. The number of carbonyl (C=O) groups is 1. The fraction of sp³-hybridized carbons (Fsp3) is 0.500. The smallest absolute Gasteiger partial charge is 1.00 e. The van der Waals surface area contributed by atoms with Crippen molar-refractivity contribution in [2.24, 2.45) is 0 Å². The number of hydrogen-bond acceptors (Lipinski definition) is 6. The summed E-state index contributed by atoms with van der Waals surface area (Å²) >= 11 is 0. The summed E-state index contributed by atoms with van der Waals surface area (Å²) < 4.78 is 4.32. The molecule has 0 fully saturated rings. The van der Waals surface area contributed by atoms with Gasteiger partial charge in [-0.3, -0.25) is 0 Å². The molecule has 70 valence electrons. The van der Waals surface area contributed by atoms with Crippen LogP contribution in [-0.2, 0) is 9.53 Å². The third-order valence-electron chi connectivity index (χ3n) is 1.48. The van der Waals surface area contributed by atoms with Crippen molar-refractivity contribution < 1.29 is 60.9 Å². The van der Waals surface area contributed by atoms with Gasteiger partial charge in [-0.1, -0.05) is 0 Å². The molecule has 1 unspecified atom stereocenters. The van der Waals surface area contributed by atoms with E-state index in [0.717, 1.165) is 0 Å². The van der Waals surface area contributed by atoms with Gasteiger partial charge < -0.3 is 26.6 Å². The molecule has 0 aliphatic carbocycles. The van der Waals surface area contributed by atoms with Gasteiger partial charge in [-0.15, -0.1) is 0 Å². The molecule has 1 aliphatic rings. The van der Waals surface area contributed by atoms with Gasteiger partial charge in [0, 0.05) is 0 Å². The van der Waals surface area contributed by atoms with Crippen molar-refractivity contribution in [3.8, 4) is 0 Å². The van der Waals surface area contributed by atoms with Crippen LogP contribution in [0.2, 0.25) is 0 Å². The summed E-state index contributed by atoms with van der Waals surface area (Å²) in [4.78, 5) is 10.5. The number of ether oxygens (including phenoxy) is 1. The second-order valence-electron chi connectivity index (χ2n) is 2.31. The zero-order valence-corrected chi connectivity index (χ0v) is 8.97. The fourth-order valence-corrected chi connectivity index (χ4v) is 0.823. The predicted molar refractivity (Wildman–Crippen MR) is 36.4 cm³/mol. The van der Waals surface area contributed by atoms with Crippen LogP contribution < -0.4 is 29.6 Å². The fourth-order valence-electron chi connectivity index (χ4n) is 0.823. The maximum absolute atomic E-state index is 10.5. The normalized spacial score (nSPS) is 23.8. The summed E-state index contributed by atoms with van der Waals surface area (Å²) in [6.07, 6.45) is -2.78. The Labute approximate surface area is 97.2 Å². The minimum absolute atomic E-state index is 0. The van der Waals surface area contributed by atoms with E-state index in [-0.39, 0.29) is 31.0 Å². The van der Waals surface area contributed by atoms with Gasteiger partial charge in [0.05, 0.1) is 6.61 Å². The third kappa shape index (κ3) is 2.35. The molecule has 1 rings (SSSR count). The van der Waals surface area contributed by atoms with E-state index in [0.29, 0.717) is 0 Å². The molecule has 13 heavy (non-hydrogen) atoms. The van der Waals surface area contributed by atoms with E-state index in [1.54, 1.807) is 0 Å². The first-order chi connectivity index (χ1) is 5.57. The van der Waals surface area contributed by atoms with E-state index in [9.17, 15) is 4.79 Å². The molecule has 6 nitrogen and oxygen atoms in total. The molecular formula is C6H9NaO6. The van der Waals surface area contributed by atoms with Crippen LogP contribution in [0.15, 0.2) is 11.5 Å². The molecule has 0 bridgehead atoms. The molecule has 4 N–H and O–H groups in total. The molecule has 0 aromatic carbocycles. The zero-order chi connectivity index (χ0) is 9.30. The van der Waals surface area contributed by atoms with Gasteiger partial charge in [0.2, 0.25) is 5.76 Å². The van der Waals surface area contributed by atoms with Crippen molar-refractivity contribution in [2.75, 3.05) is 6.61 Å². The molecule has 1 heterocycles. The SMILES string of the molecule is O=C1O[C@H](C(O)CO)C(O)=C1O.[H-].[Na+]. The number of esters is 1. The Balaban J connectivity index is 0. The number of cyclic esters (lactones) is 1. The van der Waals surface area contributed by atoms with Crippen LogP contribution in [0.25, 0.3) is 0 Å². The first kappa shape index (κ1) is 12.7. The summed E-state index contributed by atoms with van der Waals surface area (Å²) in [6.45, 7) is -0.671. The maximum Gasteiger partial charge on any atom is 1.00 e. The summed E-state index contributed by atoms with van der Waals surface area (Å²) in [5.41, 5.74) is 0. The molecule has 7 heteroatoms. The molecular weight excluding hydrogens is 191 g/mol. The van der Waals surface area contributed by atoms with Crippen LogP contribution in [0.1, 0.15) is 1.43 Å². The Morgan fingerprint density at radius 3 is 2.38 bits per heavy atom. The molecule has 0 radical (unpaired) electrons. The van der Waals surface area contributed by atoms with Gasteiger partial charge in [-0.25, -0.2) is 4.79 Å². The van der Waals surface area contributed by atoms with E-state index in [1.165, 1.54) is 0 Å². The maximum atomic E-state index is 10.5. The summed E-state index contributed by atoms with van der Waals surface area (Å²) in [5.74, 6) is -2.78. The largest absolute Gasteiger partial charge is 1.00 e. The Bertz CT molecular complexity index is 242. The van der Waals surface area contributed by atoms with Crippen molar-refractivity contribution in [3.63, 3.8) is 0 Å². The number of carbonyl (C=O) groups excluding carboxylic acids is 1. The number of hydrogen-bond donors (Lipinski definition) is 4. The van der Waals surface area contributed by atoms with E-state index in [4.69, 9.17) is 20.4 Å². The zero-order valence-electron chi connectivity index (χ0n) is 7.97. The van der Waals surface area contributed by atoms with Crippen LogP contribution in [0, 0.1) is 0 Å². The minimum atomic E-state index is -1.42. The second kappa shape index (κ2) is 4.83. The van der Waals surface area contributed by atoms with Crippen LogP contribution in [0.5, 0.6) is 0 Å². The van der Waals surface area contributed by atoms with Gasteiger partial charge in [-0.2, -0.15) is 0 Å². The number of aliphatic hydroxyl groups is 4. The Morgan fingerprint density at radius 2 is 2.08 bits per heavy atom. The van der Waals surface area contributed by atoms with Crippen molar-refractivity contribution in [3.05, 3.63) is 11.5 Å². The molecule has 2 atom stereocenters. The summed E-state index contributed by atoms with van der Waals surface area (Å²) in [7, 11) is 0. The van der Waals surface area contributed by atoms with Crippen LogP contribution in [0.4, 0.5) is 0 Å². The predicted octanol–water partition coefficient (Wildman–Crippen LogP) is -4.29. The molecule has 0 saturated carbocycles. The van der Waals surface area contributed by atoms with E-state index in [2.05, 4.69) is 4.74 Å². The topological polar surface area (TPSA) is 107 Å². The van der Waals surface area contributed by atoms with Crippen molar-refractivity contribution in [2.45, 2.75) is 12.2 Å². The Kier molecular flexibility index (Phi) is 4.72. The summed E-state index contributed by atoms with van der Waals surface area (Å²) in [6, 6.07) is 0. The quantitative estimate of drug-likeness (QED) is 0.265. The number of aliphatic hydroxyl groups excluding tert-OH is 4. The molecule has 0 aromatic rings. The van der Waals surface area contributed by atoms with Crippen molar-refractivity contribution >= 4 is 5.97 Å². The monoisotopic (exact) mass is 200 g/mol. The van der Waals surface area contributed by atoms with Gasteiger partial charge in [0.1, 0.15) is 6.10 Å². The first-order valence-corrected chi connectivity index (χ1v) is 3.20. The number of rotatable bonds is 2. The second-order valence-corrected chi connectivity index (χ2v) is 2.31. The standard InChI is InChI=1S/C6H8O6.Na.H/c7-1-2(8)5-3(9)4(10)6(11)12-5;;/h2,5,7-10H,1H2;;/q;+1;-1/t2?,5-;;/m1../s1. The van der Waals surface area contributed by atoms with Crippen molar-refractivity contribution in [1.29, 1.82) is 0 Å². The van der Waals surface area contributed by atoms with E-state index < -0.39 is 36.3 Å². The molecule has 0 saturated heterocycles. The molecule has 1 aliphatic heterocycles. The average molecular weight is 200 g/mol. The average Bonchev–Trinajstić information content (AvgIpc) is 2.32. The van der Waals surface area contributed by atoms with E-state index in [1.807, 2.05) is 0 Å². The van der Waals surface area contributed by atoms with Crippen molar-refractivity contribution in [1.82, 2.24) is 0 Å². The van der Waals surface area contributed by atoms with Crippen LogP contribution >= 0.6 is 0 Å². The Hall–Kier alpha value is -0.270. The first-order valence-electron chi connectivity index (χ1n) is 3.20. The summed E-state index contributed by atoms with van der Waals surface area (Å²) in [5, 5.41) is 35.0. The minimum Gasteiger partial charge on any atom is -1.00 e. The van der Waals surface area contributed by atoms with Crippen LogP contribution in [-0.4, -0.2) is 45.2 Å². The van der Waals surface area contributed by atoms with E-state index >= 15 is 0 Å². The van der Waals surface area contributed by atoms with Gasteiger partial charge in [-0.05, 0) is 0 Å².